The van der Waals surface area contributed by atoms with Gasteiger partial charge in [0.25, 0.3) is 5.91 Å². The zero-order valence-corrected chi connectivity index (χ0v) is 11.9. The number of carboxylic acids is 1. The summed E-state index contributed by atoms with van der Waals surface area (Å²) in [6, 6.07) is 0. The lowest BCUT2D eigenvalue weighted by atomic mass is 9.94. The van der Waals surface area contributed by atoms with Gasteiger partial charge in [-0.05, 0) is 32.3 Å². The highest BCUT2D eigenvalue weighted by molar-refractivity contribution is 6.04. The molecule has 1 heterocycles. The quantitative estimate of drug-likeness (QED) is 0.641. The van der Waals surface area contributed by atoms with Gasteiger partial charge in [-0.3, -0.25) is 9.59 Å². The second-order valence-electron chi connectivity index (χ2n) is 5.52. The zero-order valence-electron chi connectivity index (χ0n) is 11.9. The van der Waals surface area contributed by atoms with Gasteiger partial charge in [0.1, 0.15) is 5.69 Å². The predicted molar refractivity (Wildman–Crippen MR) is 73.4 cm³/mol. The molecule has 0 aliphatic heterocycles. The Labute approximate surface area is 121 Å². The molecule has 1 aliphatic carbocycles. The highest BCUT2D eigenvalue weighted by atomic mass is 16.4. The third-order valence-corrected chi connectivity index (χ3v) is 3.72. The Hall–Kier alpha value is -2.15. The molecule has 1 unspecified atom stereocenters. The molecular weight excluding hydrogens is 276 g/mol. The third kappa shape index (κ3) is 2.82. The first-order valence-corrected chi connectivity index (χ1v) is 6.72. The van der Waals surface area contributed by atoms with Gasteiger partial charge in [-0.15, -0.1) is 0 Å². The molecule has 0 fully saturated rings. The molecule has 0 saturated carbocycles. The van der Waals surface area contributed by atoms with E-state index in [0.717, 1.165) is 19.0 Å². The Morgan fingerprint density at radius 2 is 2.05 bits per heavy atom. The van der Waals surface area contributed by atoms with Crippen molar-refractivity contribution in [2.45, 2.75) is 38.7 Å². The molecule has 0 radical (unpaired) electrons. The van der Waals surface area contributed by atoms with Gasteiger partial charge in [0, 0.05) is 17.7 Å². The number of aromatic amines is 1. The molecule has 1 aromatic heterocycles. The normalized spacial score (nSPS) is 17.0. The first kappa shape index (κ1) is 15.2. The van der Waals surface area contributed by atoms with Crippen LogP contribution in [0.4, 0.5) is 0 Å². The van der Waals surface area contributed by atoms with Gasteiger partial charge in [-0.25, -0.2) is 4.79 Å². The van der Waals surface area contributed by atoms with E-state index in [4.69, 9.17) is 5.11 Å². The molecule has 0 aromatic carbocycles. The van der Waals surface area contributed by atoms with E-state index < -0.39 is 24.0 Å². The number of carboxylic acid groups (broad SMARTS) is 1. The molecule has 0 bridgehead atoms. The first-order valence-electron chi connectivity index (χ1n) is 6.72. The summed E-state index contributed by atoms with van der Waals surface area (Å²) in [6.07, 6.45) is 1.93. The number of amides is 1. The molecule has 7 heteroatoms. The molecule has 0 saturated heterocycles. The number of nitrogens with one attached hydrogen (secondary N) is 2. The summed E-state index contributed by atoms with van der Waals surface area (Å²) in [5, 5.41) is 20.7. The SMILES string of the molecule is Cc1c(C(=O)NCC(C)(O)C(=O)O)[nH]c2c1C(=O)CCC2. The zero-order chi connectivity index (χ0) is 15.8. The number of fused-ring (bicyclic) bond motifs is 1. The Kier molecular flexibility index (Phi) is 3.87. The lowest BCUT2D eigenvalue weighted by Gasteiger charge is -2.18. The van der Waals surface area contributed by atoms with E-state index in [1.54, 1.807) is 6.92 Å². The lowest BCUT2D eigenvalue weighted by Crippen LogP contribution is -2.46. The number of carbonyl (C=O) groups excluding carboxylic acids is 2. The molecule has 4 N–H and O–H groups in total. The third-order valence-electron chi connectivity index (χ3n) is 3.72. The van der Waals surface area contributed by atoms with E-state index in [2.05, 4.69) is 10.3 Å². The summed E-state index contributed by atoms with van der Waals surface area (Å²) in [6.45, 7) is 2.37. The molecule has 2 rings (SSSR count). The number of aryl methyl sites for hydroxylation is 1. The lowest BCUT2D eigenvalue weighted by molar-refractivity contribution is -0.155. The second kappa shape index (κ2) is 5.33. The average molecular weight is 294 g/mol. The summed E-state index contributed by atoms with van der Waals surface area (Å²) in [5.74, 6) is -1.93. The van der Waals surface area contributed by atoms with Crippen molar-refractivity contribution in [3.63, 3.8) is 0 Å². The van der Waals surface area contributed by atoms with Crippen LogP contribution in [0.1, 0.15) is 51.9 Å². The minimum absolute atomic E-state index is 0.0154. The number of ketones is 1. The van der Waals surface area contributed by atoms with Crippen molar-refractivity contribution in [3.05, 3.63) is 22.5 Å². The van der Waals surface area contributed by atoms with E-state index in [0.29, 0.717) is 24.0 Å². The fourth-order valence-electron chi connectivity index (χ4n) is 2.42. The second-order valence-corrected chi connectivity index (χ2v) is 5.52. The fourth-order valence-corrected chi connectivity index (χ4v) is 2.42. The van der Waals surface area contributed by atoms with Crippen molar-refractivity contribution in [1.82, 2.24) is 10.3 Å². The summed E-state index contributed by atoms with van der Waals surface area (Å²) < 4.78 is 0. The maximum atomic E-state index is 12.1. The van der Waals surface area contributed by atoms with Crippen LogP contribution < -0.4 is 5.32 Å². The van der Waals surface area contributed by atoms with Crippen LogP contribution in [0.5, 0.6) is 0 Å². The summed E-state index contributed by atoms with van der Waals surface area (Å²) in [4.78, 5) is 37.7. The standard InChI is InChI=1S/C14H18N2O5/c1-7-10-8(4-3-5-9(10)17)16-11(7)12(18)15-6-14(2,21)13(19)20/h16,21H,3-6H2,1-2H3,(H,15,18)(H,19,20). The van der Waals surface area contributed by atoms with Crippen LogP contribution in [-0.2, 0) is 11.2 Å². The van der Waals surface area contributed by atoms with Crippen molar-refractivity contribution < 1.29 is 24.6 Å². The van der Waals surface area contributed by atoms with Crippen molar-refractivity contribution in [2.75, 3.05) is 6.54 Å². The maximum absolute atomic E-state index is 12.1. The number of hydrogen-bond donors (Lipinski definition) is 4. The number of H-pyrrole nitrogens is 1. The van der Waals surface area contributed by atoms with Crippen LogP contribution in [0.25, 0.3) is 0 Å². The number of aromatic nitrogens is 1. The molecule has 1 aromatic rings. The Balaban J connectivity index is 2.18. The summed E-state index contributed by atoms with van der Waals surface area (Å²) >= 11 is 0. The van der Waals surface area contributed by atoms with Crippen molar-refractivity contribution in [3.8, 4) is 0 Å². The van der Waals surface area contributed by atoms with Gasteiger partial charge in [-0.1, -0.05) is 0 Å². The number of Topliss-reactive ketones (excluding diaryl/α,β-unsaturated/α-hetero) is 1. The average Bonchev–Trinajstić information content (AvgIpc) is 2.75. The van der Waals surface area contributed by atoms with Crippen LogP contribution >= 0.6 is 0 Å². The molecule has 1 amide bonds. The molecule has 114 valence electrons. The Morgan fingerprint density at radius 1 is 1.38 bits per heavy atom. The van der Waals surface area contributed by atoms with Gasteiger partial charge >= 0.3 is 5.97 Å². The smallest absolute Gasteiger partial charge is 0.337 e. The highest BCUT2D eigenvalue weighted by Gasteiger charge is 2.32. The molecule has 21 heavy (non-hydrogen) atoms. The van der Waals surface area contributed by atoms with Gasteiger partial charge in [0.2, 0.25) is 0 Å². The van der Waals surface area contributed by atoms with E-state index in [1.165, 1.54) is 0 Å². The monoisotopic (exact) mass is 294 g/mol. The van der Waals surface area contributed by atoms with Crippen LogP contribution in [0.15, 0.2) is 0 Å². The summed E-state index contributed by atoms with van der Waals surface area (Å²) in [7, 11) is 0. The first-order chi connectivity index (χ1) is 9.74. The number of carbonyl (C=O) groups is 3. The van der Waals surface area contributed by atoms with Gasteiger partial charge in [-0.2, -0.15) is 0 Å². The molecule has 1 atom stereocenters. The predicted octanol–water partition coefficient (Wildman–Crippen LogP) is 0.408. The number of aliphatic hydroxyl groups is 1. The van der Waals surface area contributed by atoms with Crippen LogP contribution in [0.3, 0.4) is 0 Å². The van der Waals surface area contributed by atoms with Crippen molar-refractivity contribution in [2.24, 2.45) is 0 Å². The maximum Gasteiger partial charge on any atom is 0.337 e. The fraction of sp³-hybridized carbons (Fsp3) is 0.500. The van der Waals surface area contributed by atoms with E-state index in [-0.39, 0.29) is 11.5 Å². The van der Waals surface area contributed by atoms with E-state index >= 15 is 0 Å². The van der Waals surface area contributed by atoms with Crippen LogP contribution in [-0.4, -0.2) is 45.0 Å². The Morgan fingerprint density at radius 3 is 2.62 bits per heavy atom. The Bertz CT molecular complexity index is 615. The summed E-state index contributed by atoms with van der Waals surface area (Å²) in [5.41, 5.74) is 0.0971. The minimum Gasteiger partial charge on any atom is -0.479 e. The van der Waals surface area contributed by atoms with E-state index in [9.17, 15) is 19.5 Å². The van der Waals surface area contributed by atoms with Crippen LogP contribution in [0, 0.1) is 6.92 Å². The van der Waals surface area contributed by atoms with Gasteiger partial charge in [0.15, 0.2) is 11.4 Å². The molecule has 7 nitrogen and oxygen atoms in total. The van der Waals surface area contributed by atoms with Crippen LogP contribution in [0.2, 0.25) is 0 Å². The number of hydrogen-bond acceptors (Lipinski definition) is 4. The molecular formula is C14H18N2O5. The van der Waals surface area contributed by atoms with E-state index in [1.807, 2.05) is 0 Å². The number of rotatable bonds is 4. The van der Waals surface area contributed by atoms with Gasteiger partial charge in [0.05, 0.1) is 6.54 Å². The topological polar surface area (TPSA) is 119 Å². The molecule has 0 spiro atoms. The van der Waals surface area contributed by atoms with Crippen molar-refractivity contribution in [1.29, 1.82) is 0 Å². The largest absolute Gasteiger partial charge is 0.479 e. The number of aliphatic carboxylic acids is 1. The minimum atomic E-state index is -2.04. The highest BCUT2D eigenvalue weighted by Crippen LogP contribution is 2.26. The van der Waals surface area contributed by atoms with Crippen molar-refractivity contribution >= 4 is 17.7 Å². The van der Waals surface area contributed by atoms with Gasteiger partial charge < -0.3 is 20.5 Å². The molecule has 1 aliphatic rings.